The van der Waals surface area contributed by atoms with Crippen molar-refractivity contribution < 1.29 is 4.39 Å². The summed E-state index contributed by atoms with van der Waals surface area (Å²) in [6.07, 6.45) is 3.49. The molecule has 3 rings (SSSR count). The van der Waals surface area contributed by atoms with Crippen molar-refractivity contribution in [2.45, 2.75) is 13.8 Å². The van der Waals surface area contributed by atoms with Crippen LogP contribution in [0.4, 0.5) is 4.39 Å². The normalized spacial score (nSPS) is 9.75. The van der Waals surface area contributed by atoms with Crippen LogP contribution < -0.4 is 0 Å². The summed E-state index contributed by atoms with van der Waals surface area (Å²) in [7, 11) is 0. The van der Waals surface area contributed by atoms with Gasteiger partial charge in [-0.15, -0.1) is 11.3 Å². The van der Waals surface area contributed by atoms with Crippen LogP contribution in [-0.4, -0.2) is 9.97 Å². The number of benzene rings is 1. The highest BCUT2D eigenvalue weighted by Gasteiger charge is 2.06. The number of rotatable bonds is 2. The molecule has 0 saturated heterocycles. The minimum atomic E-state index is -0.233. The fourth-order valence-electron chi connectivity index (χ4n) is 1.65. The highest BCUT2D eigenvalue weighted by Crippen LogP contribution is 2.28. The lowest BCUT2D eigenvalue weighted by Crippen LogP contribution is -1.80. The van der Waals surface area contributed by atoms with Crippen LogP contribution in [0.5, 0.6) is 0 Å². The molecule has 0 saturated carbocycles. The monoisotopic (exact) mass is 286 g/mol. The van der Waals surface area contributed by atoms with E-state index in [-0.39, 0.29) is 5.82 Å². The molecule has 0 N–H and O–H groups in total. The van der Waals surface area contributed by atoms with Gasteiger partial charge < -0.3 is 0 Å². The summed E-state index contributed by atoms with van der Waals surface area (Å²) in [5.74, 6) is -0.233. The molecule has 0 amide bonds. The summed E-state index contributed by atoms with van der Waals surface area (Å²) in [4.78, 5) is 8.53. The van der Waals surface area contributed by atoms with Crippen molar-refractivity contribution in [3.05, 3.63) is 60.0 Å². The molecule has 4 heteroatoms. The second kappa shape index (κ2) is 6.91. The Hall–Kier alpha value is -2.07. The van der Waals surface area contributed by atoms with E-state index in [1.165, 1.54) is 12.1 Å². The average Bonchev–Trinajstić information content (AvgIpc) is 3.01. The molecular formula is C16H15FN2S. The third-order valence-electron chi connectivity index (χ3n) is 2.57. The Bertz CT molecular complexity index is 648. The topological polar surface area (TPSA) is 25.8 Å². The molecular weight excluding hydrogens is 271 g/mol. The van der Waals surface area contributed by atoms with Crippen molar-refractivity contribution in [1.82, 2.24) is 9.97 Å². The SMILES string of the molecule is CC.Fc1ccc(-c2csc(-c3ccncc3)n2)cc1. The molecule has 2 nitrogen and oxygen atoms in total. The molecule has 102 valence electrons. The highest BCUT2D eigenvalue weighted by molar-refractivity contribution is 7.13. The lowest BCUT2D eigenvalue weighted by molar-refractivity contribution is 0.628. The molecule has 2 aromatic heterocycles. The lowest BCUT2D eigenvalue weighted by Gasteiger charge is -1.96. The van der Waals surface area contributed by atoms with Gasteiger partial charge >= 0.3 is 0 Å². The van der Waals surface area contributed by atoms with E-state index in [0.29, 0.717) is 0 Å². The van der Waals surface area contributed by atoms with Gasteiger partial charge in [-0.25, -0.2) is 9.37 Å². The van der Waals surface area contributed by atoms with Gasteiger partial charge in [-0.1, -0.05) is 13.8 Å². The zero-order valence-electron chi connectivity index (χ0n) is 11.4. The Kier molecular flexibility index (Phi) is 4.96. The molecule has 0 aliphatic heterocycles. The maximum Gasteiger partial charge on any atom is 0.124 e. The zero-order chi connectivity index (χ0) is 14.4. The van der Waals surface area contributed by atoms with E-state index in [0.717, 1.165) is 21.8 Å². The van der Waals surface area contributed by atoms with E-state index in [9.17, 15) is 4.39 Å². The summed E-state index contributed by atoms with van der Waals surface area (Å²) in [5.41, 5.74) is 2.84. The smallest absolute Gasteiger partial charge is 0.124 e. The molecule has 3 aromatic rings. The number of hydrogen-bond donors (Lipinski definition) is 0. The van der Waals surface area contributed by atoms with Gasteiger partial charge in [0.15, 0.2) is 0 Å². The summed E-state index contributed by atoms with van der Waals surface area (Å²) >= 11 is 1.57. The maximum absolute atomic E-state index is 12.8. The van der Waals surface area contributed by atoms with Crippen molar-refractivity contribution in [1.29, 1.82) is 0 Å². The van der Waals surface area contributed by atoms with Crippen molar-refractivity contribution in [3.63, 3.8) is 0 Å². The third-order valence-corrected chi connectivity index (χ3v) is 3.46. The van der Waals surface area contributed by atoms with Gasteiger partial charge in [0.2, 0.25) is 0 Å². The number of hydrogen-bond acceptors (Lipinski definition) is 3. The molecule has 0 bridgehead atoms. The quantitative estimate of drug-likeness (QED) is 0.659. The Morgan fingerprint density at radius 2 is 1.55 bits per heavy atom. The summed E-state index contributed by atoms with van der Waals surface area (Å²) in [6.45, 7) is 4.00. The minimum absolute atomic E-state index is 0.233. The number of thiazole rings is 1. The number of nitrogens with zero attached hydrogens (tertiary/aromatic N) is 2. The molecule has 0 aliphatic rings. The summed E-state index contributed by atoms with van der Waals surface area (Å²) in [6, 6.07) is 10.2. The van der Waals surface area contributed by atoms with Crippen LogP contribution in [0.2, 0.25) is 0 Å². The van der Waals surface area contributed by atoms with E-state index in [1.54, 1.807) is 35.9 Å². The molecule has 0 atom stereocenters. The third kappa shape index (κ3) is 3.27. The Morgan fingerprint density at radius 3 is 2.20 bits per heavy atom. The van der Waals surface area contributed by atoms with Crippen molar-refractivity contribution >= 4 is 11.3 Å². The fraction of sp³-hybridized carbons (Fsp3) is 0.125. The first kappa shape index (κ1) is 14.3. The van der Waals surface area contributed by atoms with Crippen LogP contribution in [0.3, 0.4) is 0 Å². The van der Waals surface area contributed by atoms with Gasteiger partial charge in [-0.2, -0.15) is 0 Å². The highest BCUT2D eigenvalue weighted by atomic mass is 32.1. The number of aromatic nitrogens is 2. The predicted molar refractivity (Wildman–Crippen MR) is 82.1 cm³/mol. The largest absolute Gasteiger partial charge is 0.265 e. The summed E-state index contributed by atoms with van der Waals surface area (Å²) < 4.78 is 12.8. The first-order valence-electron chi connectivity index (χ1n) is 6.45. The van der Waals surface area contributed by atoms with E-state index in [4.69, 9.17) is 0 Å². The van der Waals surface area contributed by atoms with Crippen LogP contribution in [0, 0.1) is 5.82 Å². The van der Waals surface area contributed by atoms with Gasteiger partial charge in [0, 0.05) is 28.9 Å². The van der Waals surface area contributed by atoms with E-state index in [2.05, 4.69) is 9.97 Å². The number of pyridine rings is 1. The van der Waals surface area contributed by atoms with Crippen LogP contribution in [0.25, 0.3) is 21.8 Å². The molecule has 20 heavy (non-hydrogen) atoms. The second-order valence-corrected chi connectivity index (χ2v) is 4.64. The standard InChI is InChI=1S/C14H9FN2S.C2H6/c15-12-3-1-10(2-4-12)13-9-18-14(17-13)11-5-7-16-8-6-11;1-2/h1-9H;1-2H3. The minimum Gasteiger partial charge on any atom is -0.265 e. The van der Waals surface area contributed by atoms with E-state index < -0.39 is 0 Å². The first-order chi connectivity index (χ1) is 9.83. The van der Waals surface area contributed by atoms with Gasteiger partial charge in [0.25, 0.3) is 0 Å². The van der Waals surface area contributed by atoms with Crippen molar-refractivity contribution in [3.8, 4) is 21.8 Å². The second-order valence-electron chi connectivity index (χ2n) is 3.78. The van der Waals surface area contributed by atoms with Crippen LogP contribution in [-0.2, 0) is 0 Å². The molecule has 2 heterocycles. The van der Waals surface area contributed by atoms with Gasteiger partial charge in [-0.3, -0.25) is 4.98 Å². The molecule has 0 aliphatic carbocycles. The summed E-state index contributed by atoms with van der Waals surface area (Å²) in [5, 5.41) is 2.92. The molecule has 0 fully saturated rings. The molecule has 1 aromatic carbocycles. The Labute approximate surface area is 122 Å². The van der Waals surface area contributed by atoms with E-state index in [1.807, 2.05) is 31.4 Å². The van der Waals surface area contributed by atoms with Gasteiger partial charge in [0.05, 0.1) is 5.69 Å². The van der Waals surface area contributed by atoms with Crippen molar-refractivity contribution in [2.24, 2.45) is 0 Å². The van der Waals surface area contributed by atoms with Crippen LogP contribution in [0.15, 0.2) is 54.2 Å². The first-order valence-corrected chi connectivity index (χ1v) is 7.33. The molecule has 0 unspecified atom stereocenters. The average molecular weight is 286 g/mol. The zero-order valence-corrected chi connectivity index (χ0v) is 12.2. The fourth-order valence-corrected chi connectivity index (χ4v) is 2.49. The van der Waals surface area contributed by atoms with Crippen molar-refractivity contribution in [2.75, 3.05) is 0 Å². The maximum atomic E-state index is 12.8. The van der Waals surface area contributed by atoms with Gasteiger partial charge in [0.1, 0.15) is 10.8 Å². The van der Waals surface area contributed by atoms with E-state index >= 15 is 0 Å². The Morgan fingerprint density at radius 1 is 0.900 bits per heavy atom. The van der Waals surface area contributed by atoms with Gasteiger partial charge in [-0.05, 0) is 36.4 Å². The Balaban J connectivity index is 0.000000704. The molecule has 0 spiro atoms. The van der Waals surface area contributed by atoms with Crippen LogP contribution in [0.1, 0.15) is 13.8 Å². The van der Waals surface area contributed by atoms with Crippen LogP contribution >= 0.6 is 11.3 Å². The lowest BCUT2D eigenvalue weighted by atomic mass is 10.2. The number of halogens is 1. The predicted octanol–water partition coefficient (Wildman–Crippen LogP) is 5.04. The molecule has 0 radical (unpaired) electrons.